The summed E-state index contributed by atoms with van der Waals surface area (Å²) in [5.41, 5.74) is 3.87. The molecule has 6 nitrogen and oxygen atoms in total. The third-order valence-corrected chi connectivity index (χ3v) is 5.26. The van der Waals surface area contributed by atoms with Crippen molar-refractivity contribution < 1.29 is 8.78 Å². The minimum atomic E-state index is -0.335. The zero-order valence-corrected chi connectivity index (χ0v) is 17.6. The van der Waals surface area contributed by atoms with Crippen molar-refractivity contribution in [2.24, 2.45) is 0 Å². The van der Waals surface area contributed by atoms with Crippen molar-refractivity contribution in [1.82, 2.24) is 24.5 Å². The molecule has 0 aliphatic heterocycles. The molecule has 0 aliphatic carbocycles. The van der Waals surface area contributed by atoms with E-state index in [1.54, 1.807) is 49.1 Å². The maximum atomic E-state index is 13.6. The summed E-state index contributed by atoms with van der Waals surface area (Å²) >= 11 is 0. The predicted molar refractivity (Wildman–Crippen MR) is 123 cm³/mol. The van der Waals surface area contributed by atoms with Gasteiger partial charge in [-0.15, -0.1) is 0 Å². The van der Waals surface area contributed by atoms with Gasteiger partial charge in [-0.2, -0.15) is 0 Å². The lowest BCUT2D eigenvalue weighted by Crippen LogP contribution is -2.08. The second kappa shape index (κ2) is 9.12. The molecule has 0 fully saturated rings. The van der Waals surface area contributed by atoms with Gasteiger partial charge < -0.3 is 9.88 Å². The Morgan fingerprint density at radius 2 is 1.45 bits per heavy atom. The van der Waals surface area contributed by atoms with Gasteiger partial charge in [0.25, 0.3) is 0 Å². The predicted octanol–water partition coefficient (Wildman–Crippen LogP) is 5.34. The average Bonchev–Trinajstić information content (AvgIpc) is 3.36. The molecule has 5 rings (SSSR count). The highest BCUT2D eigenvalue weighted by Crippen LogP contribution is 2.32. The number of nitrogens with zero attached hydrogens (tertiary/aromatic N) is 5. The minimum Gasteiger partial charge on any atom is -0.368 e. The van der Waals surface area contributed by atoms with Gasteiger partial charge >= 0.3 is 0 Å². The largest absolute Gasteiger partial charge is 0.368 e. The molecule has 3 heterocycles. The first-order valence-electron chi connectivity index (χ1n) is 10.6. The number of fused-ring (bicyclic) bond motifs is 1. The average molecular weight is 442 g/mol. The number of aromatic nitrogens is 5. The molecule has 2 aromatic carbocycles. The van der Waals surface area contributed by atoms with E-state index in [1.165, 1.54) is 24.3 Å². The first kappa shape index (κ1) is 20.7. The van der Waals surface area contributed by atoms with E-state index in [2.05, 4.69) is 15.3 Å². The summed E-state index contributed by atoms with van der Waals surface area (Å²) in [5.74, 6) is -0.0420. The fraction of sp³-hybridized carbons (Fsp3) is 0.120. The van der Waals surface area contributed by atoms with Crippen LogP contribution in [0.1, 0.15) is 6.42 Å². The lowest BCUT2D eigenvalue weighted by atomic mass is 10.0. The van der Waals surface area contributed by atoms with E-state index in [1.807, 2.05) is 10.8 Å². The number of nitrogens with one attached hydrogen (secondary N) is 1. The maximum absolute atomic E-state index is 13.6. The molecule has 164 valence electrons. The van der Waals surface area contributed by atoms with Gasteiger partial charge in [0.2, 0.25) is 0 Å². The molecule has 33 heavy (non-hydrogen) atoms. The third kappa shape index (κ3) is 4.55. The second-order valence-electron chi connectivity index (χ2n) is 7.54. The number of pyridine rings is 1. The van der Waals surface area contributed by atoms with Crippen LogP contribution < -0.4 is 5.32 Å². The highest BCUT2D eigenvalue weighted by molar-refractivity contribution is 5.91. The Morgan fingerprint density at radius 3 is 2.09 bits per heavy atom. The van der Waals surface area contributed by atoms with Crippen molar-refractivity contribution in [3.8, 4) is 22.5 Å². The Morgan fingerprint density at radius 1 is 0.788 bits per heavy atom. The number of benzene rings is 2. The molecule has 3 aromatic heterocycles. The fourth-order valence-electron chi connectivity index (χ4n) is 3.62. The number of halogens is 2. The van der Waals surface area contributed by atoms with Crippen LogP contribution in [0.4, 0.5) is 14.6 Å². The van der Waals surface area contributed by atoms with Gasteiger partial charge in [0.15, 0.2) is 5.82 Å². The van der Waals surface area contributed by atoms with Gasteiger partial charge in [-0.05, 0) is 61.0 Å². The molecular formula is C25H20F2N6. The summed E-state index contributed by atoms with van der Waals surface area (Å²) in [7, 11) is 0. The molecular weight excluding hydrogens is 422 g/mol. The Labute approximate surface area is 189 Å². The van der Waals surface area contributed by atoms with E-state index in [-0.39, 0.29) is 11.6 Å². The number of anilines is 1. The summed E-state index contributed by atoms with van der Waals surface area (Å²) < 4.78 is 29.1. The smallest absolute Gasteiger partial charge is 0.154 e. The number of hydrogen-bond acceptors (Lipinski definition) is 5. The number of rotatable bonds is 7. The molecule has 0 radical (unpaired) electrons. The zero-order chi connectivity index (χ0) is 22.6. The van der Waals surface area contributed by atoms with Crippen LogP contribution in [0.25, 0.3) is 33.5 Å². The van der Waals surface area contributed by atoms with E-state index in [0.29, 0.717) is 40.3 Å². The quantitative estimate of drug-likeness (QED) is 0.345. The van der Waals surface area contributed by atoms with Crippen molar-refractivity contribution in [2.45, 2.75) is 13.0 Å². The summed E-state index contributed by atoms with van der Waals surface area (Å²) in [4.78, 5) is 18.2. The van der Waals surface area contributed by atoms with Crippen LogP contribution in [0, 0.1) is 11.6 Å². The van der Waals surface area contributed by atoms with Gasteiger partial charge in [0.1, 0.15) is 17.2 Å². The zero-order valence-electron chi connectivity index (χ0n) is 17.6. The second-order valence-corrected chi connectivity index (χ2v) is 7.54. The molecule has 0 saturated carbocycles. The van der Waals surface area contributed by atoms with Crippen molar-refractivity contribution in [3.05, 3.63) is 91.1 Å². The Hall–Kier alpha value is -4.20. The first-order valence-corrected chi connectivity index (χ1v) is 10.6. The SMILES string of the molecule is Fc1ccc(-c2nc3ccnc(NCCCn4ccnc4)c3nc2-c2ccc(F)cc2)cc1. The summed E-state index contributed by atoms with van der Waals surface area (Å²) in [5, 5.41) is 3.35. The van der Waals surface area contributed by atoms with Gasteiger partial charge in [-0.25, -0.2) is 28.7 Å². The van der Waals surface area contributed by atoms with E-state index in [4.69, 9.17) is 9.97 Å². The molecule has 0 unspecified atom stereocenters. The molecule has 0 atom stereocenters. The van der Waals surface area contributed by atoms with Crippen molar-refractivity contribution in [2.75, 3.05) is 11.9 Å². The van der Waals surface area contributed by atoms with Crippen LogP contribution in [-0.2, 0) is 6.54 Å². The van der Waals surface area contributed by atoms with E-state index in [9.17, 15) is 8.78 Å². The molecule has 1 N–H and O–H groups in total. The van der Waals surface area contributed by atoms with E-state index >= 15 is 0 Å². The first-order chi connectivity index (χ1) is 16.2. The van der Waals surface area contributed by atoms with Gasteiger partial charge in [-0.1, -0.05) is 0 Å². The molecule has 0 aliphatic rings. The Kier molecular flexibility index (Phi) is 5.72. The highest BCUT2D eigenvalue weighted by atomic mass is 19.1. The molecule has 0 spiro atoms. The summed E-state index contributed by atoms with van der Waals surface area (Å²) in [6.07, 6.45) is 8.02. The van der Waals surface area contributed by atoms with Crippen LogP contribution >= 0.6 is 0 Å². The van der Waals surface area contributed by atoms with Gasteiger partial charge in [-0.3, -0.25) is 0 Å². The van der Waals surface area contributed by atoms with Crippen molar-refractivity contribution in [3.63, 3.8) is 0 Å². The Bertz CT molecular complexity index is 1370. The van der Waals surface area contributed by atoms with Gasteiger partial charge in [0, 0.05) is 42.8 Å². The summed E-state index contributed by atoms with van der Waals surface area (Å²) in [6.45, 7) is 1.52. The van der Waals surface area contributed by atoms with Crippen molar-refractivity contribution >= 4 is 16.9 Å². The van der Waals surface area contributed by atoms with Gasteiger partial charge in [0.05, 0.1) is 23.2 Å². The standard InChI is InChI=1S/C25H20F2N6/c26-19-6-2-17(3-7-19)22-23(18-4-8-20(27)9-5-18)32-24-21(31-22)10-12-30-25(24)29-11-1-14-33-15-13-28-16-33/h2-10,12-13,15-16H,1,11,14H2,(H,29,30). The molecule has 0 saturated heterocycles. The number of aryl methyl sites for hydroxylation is 1. The van der Waals surface area contributed by atoms with Crippen LogP contribution in [0.15, 0.2) is 79.5 Å². The molecule has 8 heteroatoms. The van der Waals surface area contributed by atoms with Crippen LogP contribution in [0.2, 0.25) is 0 Å². The lowest BCUT2D eigenvalue weighted by Gasteiger charge is -2.13. The van der Waals surface area contributed by atoms with Crippen LogP contribution in [-0.4, -0.2) is 31.0 Å². The monoisotopic (exact) mass is 442 g/mol. The van der Waals surface area contributed by atoms with E-state index in [0.717, 1.165) is 18.5 Å². The van der Waals surface area contributed by atoms with E-state index < -0.39 is 0 Å². The minimum absolute atomic E-state index is 0.331. The fourth-order valence-corrected chi connectivity index (χ4v) is 3.62. The third-order valence-electron chi connectivity index (χ3n) is 5.26. The normalized spacial score (nSPS) is 11.1. The topological polar surface area (TPSA) is 68.5 Å². The number of imidazole rings is 1. The Balaban J connectivity index is 1.53. The molecule has 0 bridgehead atoms. The lowest BCUT2D eigenvalue weighted by molar-refractivity contribution is 0.627. The van der Waals surface area contributed by atoms with Crippen molar-refractivity contribution in [1.29, 1.82) is 0 Å². The molecule has 5 aromatic rings. The molecule has 0 amide bonds. The maximum Gasteiger partial charge on any atom is 0.154 e. The van der Waals surface area contributed by atoms with Crippen LogP contribution in [0.3, 0.4) is 0 Å². The number of hydrogen-bond donors (Lipinski definition) is 1. The van der Waals surface area contributed by atoms with Crippen LogP contribution in [0.5, 0.6) is 0 Å². The summed E-state index contributed by atoms with van der Waals surface area (Å²) in [6, 6.07) is 14.0. The highest BCUT2D eigenvalue weighted by Gasteiger charge is 2.16.